The Morgan fingerprint density at radius 3 is 2.83 bits per heavy atom. The minimum atomic E-state index is -0.391. The Bertz CT molecular complexity index is 740. The van der Waals surface area contributed by atoms with Gasteiger partial charge in [-0.3, -0.25) is 9.59 Å². The van der Waals surface area contributed by atoms with E-state index in [0.29, 0.717) is 24.0 Å². The van der Waals surface area contributed by atoms with Crippen LogP contribution in [0.4, 0.5) is 4.39 Å². The lowest BCUT2D eigenvalue weighted by Crippen LogP contribution is -2.27. The van der Waals surface area contributed by atoms with E-state index in [4.69, 9.17) is 0 Å². The van der Waals surface area contributed by atoms with E-state index in [1.54, 1.807) is 12.1 Å². The predicted octanol–water partition coefficient (Wildman–Crippen LogP) is 1.67. The highest BCUT2D eigenvalue weighted by Gasteiger charge is 2.07. The zero-order valence-corrected chi connectivity index (χ0v) is 13.5. The topological polar surface area (TPSA) is 65.2 Å². The predicted molar refractivity (Wildman–Crippen MR) is 89.0 cm³/mol. The molecule has 0 aliphatic rings. The first-order valence-electron chi connectivity index (χ1n) is 7.68. The first-order chi connectivity index (χ1) is 11.0. The first-order valence-corrected chi connectivity index (χ1v) is 7.68. The van der Waals surface area contributed by atoms with E-state index in [1.807, 2.05) is 14.1 Å². The van der Waals surface area contributed by atoms with Crippen LogP contribution < -0.4 is 10.9 Å². The largest absolute Gasteiger partial charge is 0.356 e. The van der Waals surface area contributed by atoms with E-state index in [2.05, 4.69) is 15.2 Å². The standard InChI is InChI=1S/C17H22FN3O2/c1-21(2)9-3-8-19-16(22)7-5-13-10-12-4-6-14(18)11-15(12)20-17(13)23/h4,6,10-11H,3,5,7-9H2,1-2H3,(H,19,22)(H,20,23). The van der Waals surface area contributed by atoms with Crippen molar-refractivity contribution in [3.63, 3.8) is 0 Å². The molecule has 5 nitrogen and oxygen atoms in total. The zero-order chi connectivity index (χ0) is 16.8. The number of aromatic nitrogens is 1. The zero-order valence-electron chi connectivity index (χ0n) is 13.5. The number of benzene rings is 1. The molecule has 6 heteroatoms. The molecule has 1 amide bonds. The monoisotopic (exact) mass is 319 g/mol. The quantitative estimate of drug-likeness (QED) is 0.763. The Morgan fingerprint density at radius 2 is 2.09 bits per heavy atom. The molecule has 0 radical (unpaired) electrons. The Morgan fingerprint density at radius 1 is 1.30 bits per heavy atom. The highest BCUT2D eigenvalue weighted by Crippen LogP contribution is 2.13. The third kappa shape index (κ3) is 5.17. The van der Waals surface area contributed by atoms with Crippen molar-refractivity contribution in [3.05, 3.63) is 46.0 Å². The smallest absolute Gasteiger partial charge is 0.251 e. The fourth-order valence-electron chi connectivity index (χ4n) is 2.36. The highest BCUT2D eigenvalue weighted by molar-refractivity contribution is 5.79. The number of pyridine rings is 1. The number of carbonyl (C=O) groups is 1. The summed E-state index contributed by atoms with van der Waals surface area (Å²) < 4.78 is 13.1. The molecule has 1 heterocycles. The van der Waals surface area contributed by atoms with Crippen molar-refractivity contribution in [2.45, 2.75) is 19.3 Å². The molecule has 0 fully saturated rings. The number of hydrogen-bond donors (Lipinski definition) is 2. The molecular formula is C17H22FN3O2. The van der Waals surface area contributed by atoms with Gasteiger partial charge in [-0.2, -0.15) is 0 Å². The van der Waals surface area contributed by atoms with Crippen LogP contribution in [0.25, 0.3) is 10.9 Å². The lowest BCUT2D eigenvalue weighted by Gasteiger charge is -2.10. The van der Waals surface area contributed by atoms with E-state index in [0.717, 1.165) is 18.4 Å². The van der Waals surface area contributed by atoms with Gasteiger partial charge in [-0.05, 0) is 63.1 Å². The van der Waals surface area contributed by atoms with E-state index in [1.165, 1.54) is 12.1 Å². The van der Waals surface area contributed by atoms with Crippen LogP contribution in [0, 0.1) is 5.82 Å². The van der Waals surface area contributed by atoms with Gasteiger partial charge >= 0.3 is 0 Å². The van der Waals surface area contributed by atoms with Gasteiger partial charge in [0.05, 0.1) is 5.52 Å². The van der Waals surface area contributed by atoms with Gasteiger partial charge in [0.15, 0.2) is 0 Å². The van der Waals surface area contributed by atoms with E-state index in [9.17, 15) is 14.0 Å². The molecule has 2 N–H and O–H groups in total. The maximum absolute atomic E-state index is 13.1. The molecule has 0 bridgehead atoms. The van der Waals surface area contributed by atoms with Gasteiger partial charge in [-0.15, -0.1) is 0 Å². The summed E-state index contributed by atoms with van der Waals surface area (Å²) in [5.41, 5.74) is 0.725. The fraction of sp³-hybridized carbons (Fsp3) is 0.412. The fourth-order valence-corrected chi connectivity index (χ4v) is 2.36. The number of aromatic amines is 1. The third-order valence-corrected chi connectivity index (χ3v) is 3.61. The first kappa shape index (κ1) is 17.1. The average molecular weight is 319 g/mol. The molecule has 0 saturated heterocycles. The van der Waals surface area contributed by atoms with Crippen molar-refractivity contribution >= 4 is 16.8 Å². The number of H-pyrrole nitrogens is 1. The Labute approximate surface area is 134 Å². The Kier molecular flexibility index (Phi) is 5.87. The van der Waals surface area contributed by atoms with Crippen LogP contribution in [0.5, 0.6) is 0 Å². The molecular weight excluding hydrogens is 297 g/mol. The van der Waals surface area contributed by atoms with Crippen LogP contribution in [-0.4, -0.2) is 43.0 Å². The molecule has 124 valence electrons. The van der Waals surface area contributed by atoms with Crippen LogP contribution in [0.2, 0.25) is 0 Å². The molecule has 1 aromatic heterocycles. The van der Waals surface area contributed by atoms with Gasteiger partial charge in [0.1, 0.15) is 5.82 Å². The summed E-state index contributed by atoms with van der Waals surface area (Å²) in [6.07, 6.45) is 1.51. The SMILES string of the molecule is CN(C)CCCNC(=O)CCc1cc2ccc(F)cc2[nH]c1=O. The van der Waals surface area contributed by atoms with E-state index < -0.39 is 5.82 Å². The molecule has 2 rings (SSSR count). The molecule has 0 aliphatic heterocycles. The second-order valence-electron chi connectivity index (χ2n) is 5.86. The van der Waals surface area contributed by atoms with Crippen LogP contribution >= 0.6 is 0 Å². The molecule has 2 aromatic rings. The molecule has 0 unspecified atom stereocenters. The van der Waals surface area contributed by atoms with Gasteiger partial charge in [0.25, 0.3) is 5.56 Å². The van der Waals surface area contributed by atoms with Gasteiger partial charge in [-0.25, -0.2) is 4.39 Å². The van der Waals surface area contributed by atoms with Gasteiger partial charge < -0.3 is 15.2 Å². The van der Waals surface area contributed by atoms with Crippen molar-refractivity contribution < 1.29 is 9.18 Å². The summed E-state index contributed by atoms with van der Waals surface area (Å²) in [5.74, 6) is -0.458. The second-order valence-corrected chi connectivity index (χ2v) is 5.86. The van der Waals surface area contributed by atoms with E-state index >= 15 is 0 Å². The average Bonchev–Trinajstić information content (AvgIpc) is 2.49. The Hall–Kier alpha value is -2.21. The number of aryl methyl sites for hydroxylation is 1. The maximum Gasteiger partial charge on any atom is 0.251 e. The second kappa shape index (κ2) is 7.87. The lowest BCUT2D eigenvalue weighted by molar-refractivity contribution is -0.121. The van der Waals surface area contributed by atoms with Crippen molar-refractivity contribution in [1.82, 2.24) is 15.2 Å². The van der Waals surface area contributed by atoms with Crippen molar-refractivity contribution in [2.24, 2.45) is 0 Å². The molecule has 0 atom stereocenters. The molecule has 0 saturated carbocycles. The Balaban J connectivity index is 1.91. The van der Waals surface area contributed by atoms with Crippen LogP contribution in [0.3, 0.4) is 0 Å². The molecule has 23 heavy (non-hydrogen) atoms. The van der Waals surface area contributed by atoms with Gasteiger partial charge in [0.2, 0.25) is 5.91 Å². The van der Waals surface area contributed by atoms with Gasteiger partial charge in [0, 0.05) is 18.5 Å². The number of nitrogens with one attached hydrogen (secondary N) is 2. The minimum absolute atomic E-state index is 0.0673. The highest BCUT2D eigenvalue weighted by atomic mass is 19.1. The minimum Gasteiger partial charge on any atom is -0.356 e. The normalized spacial score (nSPS) is 11.1. The van der Waals surface area contributed by atoms with Crippen molar-refractivity contribution in [1.29, 1.82) is 0 Å². The molecule has 0 spiro atoms. The van der Waals surface area contributed by atoms with E-state index in [-0.39, 0.29) is 17.9 Å². The number of fused-ring (bicyclic) bond motifs is 1. The summed E-state index contributed by atoms with van der Waals surface area (Å²) in [6, 6.07) is 5.97. The van der Waals surface area contributed by atoms with Crippen molar-refractivity contribution in [3.8, 4) is 0 Å². The number of hydrogen-bond acceptors (Lipinski definition) is 3. The molecule has 1 aromatic carbocycles. The maximum atomic E-state index is 13.1. The number of halogens is 1. The van der Waals surface area contributed by atoms with Crippen LogP contribution in [0.1, 0.15) is 18.4 Å². The molecule has 0 aliphatic carbocycles. The summed E-state index contributed by atoms with van der Waals surface area (Å²) in [6.45, 7) is 1.55. The summed E-state index contributed by atoms with van der Waals surface area (Å²) in [5, 5.41) is 3.60. The lowest BCUT2D eigenvalue weighted by atomic mass is 10.1. The number of carbonyl (C=O) groups excluding carboxylic acids is 1. The van der Waals surface area contributed by atoms with Crippen molar-refractivity contribution in [2.75, 3.05) is 27.2 Å². The number of rotatable bonds is 7. The third-order valence-electron chi connectivity index (χ3n) is 3.61. The summed E-state index contributed by atoms with van der Waals surface area (Å²) in [7, 11) is 3.97. The summed E-state index contributed by atoms with van der Waals surface area (Å²) in [4.78, 5) is 28.5. The number of nitrogens with zero attached hydrogens (tertiary/aromatic N) is 1. The number of amides is 1. The van der Waals surface area contributed by atoms with Crippen LogP contribution in [-0.2, 0) is 11.2 Å². The van der Waals surface area contributed by atoms with Gasteiger partial charge in [-0.1, -0.05) is 0 Å². The van der Waals surface area contributed by atoms with Crippen LogP contribution in [0.15, 0.2) is 29.1 Å². The summed E-state index contributed by atoms with van der Waals surface area (Å²) >= 11 is 0.